The first-order valence-electron chi connectivity index (χ1n) is 15.8. The first kappa shape index (κ1) is 26.4. The van der Waals surface area contributed by atoms with Crippen molar-refractivity contribution >= 4 is 66.5 Å². The highest BCUT2D eigenvalue weighted by Gasteiger charge is 2.40. The lowest BCUT2D eigenvalue weighted by Crippen LogP contribution is -2.32. The molecule has 0 spiro atoms. The van der Waals surface area contributed by atoms with E-state index in [4.69, 9.17) is 9.97 Å². The lowest BCUT2D eigenvalue weighted by molar-refractivity contribution is 0.592. The Bertz CT molecular complexity index is 2720. The molecule has 1 unspecified atom stereocenters. The van der Waals surface area contributed by atoms with Gasteiger partial charge in [0.05, 0.1) is 22.2 Å². The van der Waals surface area contributed by atoms with Gasteiger partial charge in [-0.25, -0.2) is 4.98 Å². The van der Waals surface area contributed by atoms with E-state index in [1.54, 1.807) is 0 Å². The average molecular weight is 620 g/mol. The van der Waals surface area contributed by atoms with Crippen LogP contribution in [0.4, 0.5) is 0 Å². The summed E-state index contributed by atoms with van der Waals surface area (Å²) < 4.78 is 17.8. The second-order valence-electron chi connectivity index (χ2n) is 12.1. The van der Waals surface area contributed by atoms with Crippen LogP contribution in [-0.2, 0) is 4.57 Å². The summed E-state index contributed by atoms with van der Waals surface area (Å²) in [6, 6.07) is 51.9. The highest BCUT2D eigenvalue weighted by atomic mass is 31.2. The summed E-state index contributed by atoms with van der Waals surface area (Å²) in [5, 5.41) is 8.09. The molecule has 2 aromatic heterocycles. The molecule has 1 aliphatic rings. The van der Waals surface area contributed by atoms with Crippen LogP contribution in [0.25, 0.3) is 71.7 Å². The van der Waals surface area contributed by atoms with E-state index in [2.05, 4.69) is 83.4 Å². The largest absolute Gasteiger partial charge is 0.308 e. The number of fused-ring (bicyclic) bond motifs is 5. The van der Waals surface area contributed by atoms with Crippen LogP contribution in [0, 0.1) is 0 Å². The van der Waals surface area contributed by atoms with E-state index >= 15 is 4.57 Å². The van der Waals surface area contributed by atoms with Gasteiger partial charge in [-0.15, -0.1) is 0 Å². The third-order valence-electron chi connectivity index (χ3n) is 9.63. The zero-order valence-electron chi connectivity index (χ0n) is 25.2. The molecule has 10 rings (SSSR count). The summed E-state index contributed by atoms with van der Waals surface area (Å²) >= 11 is 0. The standard InChI is InChI=1S/C42H26N3OP/c46-47(28-15-2-1-3-16-28)36-24-9-8-23-35(36)45-41-34(22-11-25-37(41)47)44-42(45)39-31-19-6-4-17-29(31)38(30-18-5-7-20-32(30)39)33-21-10-13-27-14-12-26-43-40(27)33/h1-26H. The Morgan fingerprint density at radius 3 is 1.91 bits per heavy atom. The molecule has 0 bridgehead atoms. The second kappa shape index (κ2) is 9.83. The average Bonchev–Trinajstić information content (AvgIpc) is 3.53. The highest BCUT2D eigenvalue weighted by Crippen LogP contribution is 2.51. The molecule has 0 saturated heterocycles. The van der Waals surface area contributed by atoms with Crippen molar-refractivity contribution in [2.75, 3.05) is 0 Å². The van der Waals surface area contributed by atoms with Crippen molar-refractivity contribution in [2.24, 2.45) is 0 Å². The number of hydrogen-bond donors (Lipinski definition) is 0. The Balaban J connectivity index is 1.37. The van der Waals surface area contributed by atoms with Crippen molar-refractivity contribution in [3.63, 3.8) is 0 Å². The molecule has 9 aromatic rings. The van der Waals surface area contributed by atoms with Crippen LogP contribution in [-0.4, -0.2) is 14.5 Å². The summed E-state index contributed by atoms with van der Waals surface area (Å²) in [4.78, 5) is 10.2. The molecule has 3 heterocycles. The third kappa shape index (κ3) is 3.56. The maximum Gasteiger partial charge on any atom is 0.175 e. The van der Waals surface area contributed by atoms with E-state index in [0.29, 0.717) is 0 Å². The molecule has 0 amide bonds. The Kier molecular flexibility index (Phi) is 5.52. The minimum absolute atomic E-state index is 0.825. The summed E-state index contributed by atoms with van der Waals surface area (Å²) in [6.45, 7) is 0. The topological polar surface area (TPSA) is 47.8 Å². The number of aromatic nitrogens is 3. The molecule has 0 radical (unpaired) electrons. The van der Waals surface area contributed by atoms with Gasteiger partial charge in [-0.3, -0.25) is 9.55 Å². The zero-order chi connectivity index (χ0) is 31.1. The van der Waals surface area contributed by atoms with Crippen LogP contribution in [0.15, 0.2) is 158 Å². The maximum atomic E-state index is 15.5. The molecular formula is C42H26N3OP. The highest BCUT2D eigenvalue weighted by molar-refractivity contribution is 7.86. The van der Waals surface area contributed by atoms with Crippen molar-refractivity contribution in [3.8, 4) is 28.2 Å². The number of imidazole rings is 1. The van der Waals surface area contributed by atoms with Crippen LogP contribution in [0.1, 0.15) is 0 Å². The minimum Gasteiger partial charge on any atom is -0.308 e. The Hall–Kier alpha value is -5.83. The molecule has 4 nitrogen and oxygen atoms in total. The molecule has 0 N–H and O–H groups in total. The van der Waals surface area contributed by atoms with Crippen molar-refractivity contribution in [1.29, 1.82) is 0 Å². The van der Waals surface area contributed by atoms with Crippen molar-refractivity contribution in [2.45, 2.75) is 0 Å². The van der Waals surface area contributed by atoms with Crippen molar-refractivity contribution in [3.05, 3.63) is 158 Å². The lowest BCUT2D eigenvalue weighted by Gasteiger charge is -2.29. The van der Waals surface area contributed by atoms with Gasteiger partial charge in [0.1, 0.15) is 5.82 Å². The summed E-state index contributed by atoms with van der Waals surface area (Å²) in [5.74, 6) is 0.842. The summed E-state index contributed by atoms with van der Waals surface area (Å²) in [6.07, 6.45) is 1.87. The van der Waals surface area contributed by atoms with Gasteiger partial charge in [0, 0.05) is 38.6 Å². The second-order valence-corrected chi connectivity index (χ2v) is 14.8. The SMILES string of the molecule is O=P1(c2ccccc2)c2ccccc2-n2c(-c3c4ccccc4c(-c4cccc5cccnc45)c4ccccc34)nc3cccc1c32. The quantitative estimate of drug-likeness (QED) is 0.146. The molecule has 0 saturated carbocycles. The molecular weight excluding hydrogens is 593 g/mol. The fourth-order valence-electron chi connectivity index (χ4n) is 7.70. The maximum absolute atomic E-state index is 15.5. The predicted molar refractivity (Wildman–Crippen MR) is 195 cm³/mol. The van der Waals surface area contributed by atoms with Crippen LogP contribution in [0.3, 0.4) is 0 Å². The van der Waals surface area contributed by atoms with Crippen molar-refractivity contribution in [1.82, 2.24) is 14.5 Å². The van der Waals surface area contributed by atoms with Crippen molar-refractivity contribution < 1.29 is 4.57 Å². The molecule has 1 atom stereocenters. The number of para-hydroxylation sites is 3. The number of pyridine rings is 1. The molecule has 0 fully saturated rings. The normalized spacial score (nSPS) is 15.4. The van der Waals surface area contributed by atoms with E-state index in [0.717, 1.165) is 87.6 Å². The van der Waals surface area contributed by atoms with E-state index < -0.39 is 7.14 Å². The molecule has 1 aliphatic heterocycles. The van der Waals surface area contributed by atoms with E-state index in [-0.39, 0.29) is 0 Å². The van der Waals surface area contributed by atoms with Gasteiger partial charge in [0.15, 0.2) is 7.14 Å². The van der Waals surface area contributed by atoms with Gasteiger partial charge >= 0.3 is 0 Å². The van der Waals surface area contributed by atoms with Gasteiger partial charge in [0.25, 0.3) is 0 Å². The minimum atomic E-state index is -3.18. The fourth-order valence-corrected chi connectivity index (χ4v) is 10.7. The van der Waals surface area contributed by atoms with Gasteiger partial charge in [-0.2, -0.15) is 0 Å². The number of benzene rings is 7. The monoisotopic (exact) mass is 619 g/mol. The van der Waals surface area contributed by atoms with Gasteiger partial charge < -0.3 is 4.57 Å². The fraction of sp³-hybridized carbons (Fsp3) is 0. The summed E-state index contributed by atoms with van der Waals surface area (Å²) in [7, 11) is -3.18. The Morgan fingerprint density at radius 2 is 1.15 bits per heavy atom. The third-order valence-corrected chi connectivity index (χ3v) is 12.8. The van der Waals surface area contributed by atoms with E-state index in [1.165, 1.54) is 0 Å². The molecule has 220 valence electrons. The predicted octanol–water partition coefficient (Wildman–Crippen LogP) is 9.17. The Morgan fingerprint density at radius 1 is 0.532 bits per heavy atom. The van der Waals surface area contributed by atoms with Crippen LogP contribution in [0.5, 0.6) is 0 Å². The smallest absolute Gasteiger partial charge is 0.175 e. The lowest BCUT2D eigenvalue weighted by atomic mass is 9.87. The van der Waals surface area contributed by atoms with Gasteiger partial charge in [-0.05, 0) is 57.4 Å². The number of nitrogens with zero attached hydrogens (tertiary/aromatic N) is 3. The Labute approximate surface area is 271 Å². The molecule has 7 aromatic carbocycles. The molecule has 5 heteroatoms. The first-order chi connectivity index (χ1) is 23.2. The van der Waals surface area contributed by atoms with Crippen LogP contribution in [0.2, 0.25) is 0 Å². The van der Waals surface area contributed by atoms with Crippen LogP contribution >= 0.6 is 7.14 Å². The number of hydrogen-bond acceptors (Lipinski definition) is 3. The van der Waals surface area contributed by atoms with Gasteiger partial charge in [0.2, 0.25) is 0 Å². The zero-order valence-corrected chi connectivity index (χ0v) is 26.1. The number of rotatable bonds is 3. The van der Waals surface area contributed by atoms with E-state index in [9.17, 15) is 0 Å². The first-order valence-corrected chi connectivity index (χ1v) is 17.5. The molecule has 47 heavy (non-hydrogen) atoms. The van der Waals surface area contributed by atoms with E-state index in [1.807, 2.05) is 79.0 Å². The van der Waals surface area contributed by atoms with Crippen LogP contribution < -0.4 is 15.9 Å². The van der Waals surface area contributed by atoms with Gasteiger partial charge in [-0.1, -0.05) is 121 Å². The molecule has 0 aliphatic carbocycles. The summed E-state index contributed by atoms with van der Waals surface area (Å²) in [5.41, 5.74) is 6.95.